The molecule has 1 aromatic carbocycles. The first-order valence-electron chi connectivity index (χ1n) is 6.15. The van der Waals surface area contributed by atoms with Crippen molar-refractivity contribution in [3.8, 4) is 11.8 Å². The molecule has 3 nitrogen and oxygen atoms in total. The minimum atomic E-state index is 0.564. The quantitative estimate of drug-likeness (QED) is 0.801. The van der Waals surface area contributed by atoms with Gasteiger partial charge in [-0.2, -0.15) is 5.26 Å². The zero-order valence-electron chi connectivity index (χ0n) is 10.4. The zero-order chi connectivity index (χ0) is 12.3. The number of hydrogen-bond acceptors (Lipinski definition) is 3. The van der Waals surface area contributed by atoms with Gasteiger partial charge in [-0.25, -0.2) is 0 Å². The Morgan fingerprint density at radius 2 is 2.35 bits per heavy atom. The fourth-order valence-corrected chi connectivity index (χ4v) is 2.55. The number of ether oxygens (including phenoxy) is 1. The number of hydrogen-bond donors (Lipinski definition) is 0. The van der Waals surface area contributed by atoms with Crippen LogP contribution in [0.4, 0.5) is 5.69 Å². The first-order valence-corrected chi connectivity index (χ1v) is 6.15. The monoisotopic (exact) mass is 230 g/mol. The fourth-order valence-electron chi connectivity index (χ4n) is 2.55. The first kappa shape index (κ1) is 11.8. The lowest BCUT2D eigenvalue weighted by Gasteiger charge is -2.27. The van der Waals surface area contributed by atoms with Crippen LogP contribution in [-0.2, 0) is 0 Å². The van der Waals surface area contributed by atoms with E-state index in [-0.39, 0.29) is 0 Å². The third-order valence-corrected chi connectivity index (χ3v) is 3.48. The highest BCUT2D eigenvalue weighted by atomic mass is 16.5. The van der Waals surface area contributed by atoms with Gasteiger partial charge in [-0.3, -0.25) is 0 Å². The summed E-state index contributed by atoms with van der Waals surface area (Å²) in [5.74, 6) is 0.820. The van der Waals surface area contributed by atoms with Crippen LogP contribution in [0.15, 0.2) is 18.2 Å². The van der Waals surface area contributed by atoms with Crippen molar-refractivity contribution in [1.82, 2.24) is 0 Å². The van der Waals surface area contributed by atoms with Crippen molar-refractivity contribution in [3.05, 3.63) is 23.8 Å². The highest BCUT2D eigenvalue weighted by Gasteiger charge is 2.25. The van der Waals surface area contributed by atoms with Crippen molar-refractivity contribution >= 4 is 5.69 Å². The summed E-state index contributed by atoms with van der Waals surface area (Å²) in [5.41, 5.74) is 1.77. The molecule has 3 heteroatoms. The van der Waals surface area contributed by atoms with Gasteiger partial charge < -0.3 is 9.64 Å². The van der Waals surface area contributed by atoms with E-state index < -0.39 is 0 Å². The Morgan fingerprint density at radius 3 is 3.00 bits per heavy atom. The van der Waals surface area contributed by atoms with Crippen LogP contribution in [0.2, 0.25) is 0 Å². The normalized spacial score (nSPS) is 19.1. The lowest BCUT2D eigenvalue weighted by atomic mass is 10.1. The summed E-state index contributed by atoms with van der Waals surface area (Å²) in [6.07, 6.45) is 3.56. The molecule has 0 amide bonds. The maximum absolute atomic E-state index is 9.18. The molecule has 0 N–H and O–H groups in total. The lowest BCUT2D eigenvalue weighted by molar-refractivity contribution is 0.414. The third kappa shape index (κ3) is 2.21. The van der Waals surface area contributed by atoms with Gasteiger partial charge in [0.1, 0.15) is 11.8 Å². The van der Waals surface area contributed by atoms with Gasteiger partial charge in [-0.05, 0) is 31.4 Å². The van der Waals surface area contributed by atoms with Gasteiger partial charge in [-0.15, -0.1) is 0 Å². The summed E-state index contributed by atoms with van der Waals surface area (Å²) in [7, 11) is 1.66. The number of nitriles is 1. The molecular formula is C14H18N2O. The van der Waals surface area contributed by atoms with Crippen LogP contribution in [-0.4, -0.2) is 19.7 Å². The van der Waals surface area contributed by atoms with Crippen LogP contribution in [0.3, 0.4) is 0 Å². The van der Waals surface area contributed by atoms with Gasteiger partial charge in [0.25, 0.3) is 0 Å². The van der Waals surface area contributed by atoms with Gasteiger partial charge in [0.15, 0.2) is 0 Å². The van der Waals surface area contributed by atoms with Crippen LogP contribution in [0.25, 0.3) is 0 Å². The molecule has 0 saturated carbocycles. The molecule has 0 aromatic heterocycles. The average Bonchev–Trinajstić information content (AvgIpc) is 2.86. The summed E-state index contributed by atoms with van der Waals surface area (Å²) in [6.45, 7) is 3.25. The van der Waals surface area contributed by atoms with E-state index in [4.69, 9.17) is 4.74 Å². The van der Waals surface area contributed by atoms with Gasteiger partial charge in [0.2, 0.25) is 0 Å². The number of nitrogens with zero attached hydrogens (tertiary/aromatic N) is 2. The SMILES string of the molecule is CCC1CCCN1c1cc(OC)ccc1C#N. The minimum absolute atomic E-state index is 0.564. The molecule has 0 radical (unpaired) electrons. The zero-order valence-corrected chi connectivity index (χ0v) is 10.4. The van der Waals surface area contributed by atoms with Gasteiger partial charge in [0, 0.05) is 18.7 Å². The van der Waals surface area contributed by atoms with Crippen LogP contribution in [0.5, 0.6) is 5.75 Å². The number of methoxy groups -OCH3 is 1. The largest absolute Gasteiger partial charge is 0.497 e. The van der Waals surface area contributed by atoms with Gasteiger partial charge in [-0.1, -0.05) is 6.92 Å². The van der Waals surface area contributed by atoms with Gasteiger partial charge in [0.05, 0.1) is 18.4 Å². The number of rotatable bonds is 3. The molecule has 1 fully saturated rings. The first-order chi connectivity index (χ1) is 8.30. The van der Waals surface area contributed by atoms with E-state index >= 15 is 0 Å². The second-order valence-electron chi connectivity index (χ2n) is 4.39. The average molecular weight is 230 g/mol. The van der Waals surface area contributed by atoms with E-state index in [0.717, 1.165) is 30.0 Å². The molecule has 1 saturated heterocycles. The molecule has 1 atom stereocenters. The van der Waals surface area contributed by atoms with Crippen molar-refractivity contribution < 1.29 is 4.74 Å². The minimum Gasteiger partial charge on any atom is -0.497 e. The Balaban J connectivity index is 2.38. The molecular weight excluding hydrogens is 212 g/mol. The van der Waals surface area contributed by atoms with Gasteiger partial charge >= 0.3 is 0 Å². The number of anilines is 1. The van der Waals surface area contributed by atoms with E-state index in [2.05, 4.69) is 17.9 Å². The number of benzene rings is 1. The molecule has 1 unspecified atom stereocenters. The van der Waals surface area contributed by atoms with Crippen LogP contribution in [0.1, 0.15) is 31.7 Å². The highest BCUT2D eigenvalue weighted by Crippen LogP contribution is 2.32. The molecule has 17 heavy (non-hydrogen) atoms. The second-order valence-corrected chi connectivity index (χ2v) is 4.39. The molecule has 1 aliphatic heterocycles. The summed E-state index contributed by atoms with van der Waals surface area (Å²) in [4.78, 5) is 2.35. The summed E-state index contributed by atoms with van der Waals surface area (Å²) < 4.78 is 5.25. The summed E-state index contributed by atoms with van der Waals surface area (Å²) in [5, 5.41) is 9.18. The van der Waals surface area contributed by atoms with Crippen LogP contribution in [0, 0.1) is 11.3 Å². The van der Waals surface area contributed by atoms with Crippen molar-refractivity contribution in [2.24, 2.45) is 0 Å². The molecule has 1 aliphatic rings. The molecule has 0 bridgehead atoms. The maximum Gasteiger partial charge on any atom is 0.121 e. The molecule has 1 heterocycles. The molecule has 1 aromatic rings. The highest BCUT2D eigenvalue weighted by molar-refractivity contribution is 5.63. The Labute approximate surface area is 103 Å². The molecule has 0 aliphatic carbocycles. The Morgan fingerprint density at radius 1 is 1.53 bits per heavy atom. The van der Waals surface area contributed by atoms with E-state index in [1.807, 2.05) is 18.2 Å². The summed E-state index contributed by atoms with van der Waals surface area (Å²) in [6, 6.07) is 8.51. The molecule has 0 spiro atoms. The van der Waals surface area contributed by atoms with Crippen molar-refractivity contribution in [2.45, 2.75) is 32.2 Å². The van der Waals surface area contributed by atoms with Crippen LogP contribution < -0.4 is 9.64 Å². The fraction of sp³-hybridized carbons (Fsp3) is 0.500. The predicted molar refractivity (Wildman–Crippen MR) is 68.4 cm³/mol. The predicted octanol–water partition coefficient (Wildman–Crippen LogP) is 2.95. The molecule has 90 valence electrons. The lowest BCUT2D eigenvalue weighted by Crippen LogP contribution is -2.29. The topological polar surface area (TPSA) is 36.3 Å². The Kier molecular flexibility index (Phi) is 3.53. The Bertz CT molecular complexity index is 436. The second kappa shape index (κ2) is 5.09. The summed E-state index contributed by atoms with van der Waals surface area (Å²) >= 11 is 0. The van der Waals surface area contributed by atoms with E-state index in [1.165, 1.54) is 12.8 Å². The van der Waals surface area contributed by atoms with E-state index in [9.17, 15) is 5.26 Å². The standard InChI is InChI=1S/C14H18N2O/c1-3-12-5-4-8-16(12)14-9-13(17-2)7-6-11(14)10-15/h6-7,9,12H,3-5,8H2,1-2H3. The Hall–Kier alpha value is -1.69. The van der Waals surface area contributed by atoms with Crippen molar-refractivity contribution in [2.75, 3.05) is 18.6 Å². The maximum atomic E-state index is 9.18. The van der Waals surface area contributed by atoms with Crippen LogP contribution >= 0.6 is 0 Å². The van der Waals surface area contributed by atoms with Crippen molar-refractivity contribution in [1.29, 1.82) is 5.26 Å². The molecule has 2 rings (SSSR count). The van der Waals surface area contributed by atoms with E-state index in [1.54, 1.807) is 7.11 Å². The smallest absolute Gasteiger partial charge is 0.121 e. The van der Waals surface area contributed by atoms with Crippen molar-refractivity contribution in [3.63, 3.8) is 0 Å². The third-order valence-electron chi connectivity index (χ3n) is 3.48. The van der Waals surface area contributed by atoms with E-state index in [0.29, 0.717) is 6.04 Å².